The van der Waals surface area contributed by atoms with Crippen molar-refractivity contribution in [2.24, 2.45) is 70.0 Å². The number of carbonyl (C=O) groups excluding carboxylic acids is 6. The summed E-state index contributed by atoms with van der Waals surface area (Å²) < 4.78 is 104. The average Bonchev–Trinajstić information content (AvgIpc) is 1.33. The monoisotopic (exact) mass is 1680 g/mol. The van der Waals surface area contributed by atoms with Crippen LogP contribution in [0.1, 0.15) is 103 Å². The molecule has 14 fully saturated rings. The Bertz CT molecular complexity index is 3950. The largest absolute Gasteiger partial charge is 1.00 e. The summed E-state index contributed by atoms with van der Waals surface area (Å²) in [5.41, 5.74) is -2.31. The van der Waals surface area contributed by atoms with E-state index in [1.165, 1.54) is 29.4 Å². The first kappa shape index (κ1) is 85.7. The SMILES string of the molecule is O=C(COc1ccc([S+](c2ccccc2)c2ccccc2)cc1)OC1C2CC3C(=O)OC1C3C2.O=C(COc1ccc([S+](c2ccccc2)c2ccccc2)cc1)OC1C2CC3C(=O)OC1C3C2.O=C(OCC12CC3CC(CC(O)(C3)C1)C2)C(F)(F)SOO[O-].O=C(OCC12CC3CC(CC(O)(C3)C1)C2)C(F)(F)SOO[O-].[Cl-].[Na+]. The molecular weight excluding hydrogens is 1600 g/mol. The number of hydrogen-bond donors (Lipinski definition) is 2. The summed E-state index contributed by atoms with van der Waals surface area (Å²) in [5, 5.41) is 37.8. The number of rotatable bonds is 26. The molecule has 14 aliphatic rings. The molecule has 14 atom stereocenters. The smallest absolute Gasteiger partial charge is 1.00 e. The number of hydrogen-bond acceptors (Lipinski definition) is 24. The van der Waals surface area contributed by atoms with Crippen LogP contribution < -0.4 is 62.0 Å². The normalized spacial score (nSPS) is 31.2. The van der Waals surface area contributed by atoms with E-state index in [-0.39, 0.29) is 162 Å². The summed E-state index contributed by atoms with van der Waals surface area (Å²) in [6.07, 6.45) is 11.4. The number of halogens is 5. The van der Waals surface area contributed by atoms with Crippen LogP contribution in [-0.2, 0) is 97.7 Å². The van der Waals surface area contributed by atoms with Crippen molar-refractivity contribution in [1.82, 2.24) is 0 Å². The maximum Gasteiger partial charge on any atom is 1.00 e. The molecule has 6 aromatic carbocycles. The maximum atomic E-state index is 13.3. The molecule has 2 N–H and O–H groups in total. The fourth-order valence-electron chi connectivity index (χ4n) is 21.1. The van der Waals surface area contributed by atoms with Crippen LogP contribution in [0.15, 0.2) is 199 Å². The van der Waals surface area contributed by atoms with Gasteiger partial charge in [0.25, 0.3) is 0 Å². The van der Waals surface area contributed by atoms with Crippen molar-refractivity contribution in [2.45, 2.75) is 178 Å². The summed E-state index contributed by atoms with van der Waals surface area (Å²) in [4.78, 5) is 79.0. The van der Waals surface area contributed by atoms with Gasteiger partial charge in [0, 0.05) is 34.5 Å². The molecule has 604 valence electrons. The molecule has 0 spiro atoms. The number of ether oxygens (including phenoxy) is 8. The van der Waals surface area contributed by atoms with Crippen LogP contribution in [0.2, 0.25) is 0 Å². The van der Waals surface area contributed by atoms with E-state index in [0.717, 1.165) is 89.9 Å². The predicted molar refractivity (Wildman–Crippen MR) is 388 cm³/mol. The second kappa shape index (κ2) is 36.2. The molecular formula is C82H84ClF4NaO22S4. The van der Waals surface area contributed by atoms with Gasteiger partial charge < -0.3 is 71.0 Å². The minimum Gasteiger partial charge on any atom is -1.00 e. The molecule has 12 saturated carbocycles. The molecule has 114 heavy (non-hydrogen) atoms. The molecule has 2 aliphatic heterocycles. The third-order valence-electron chi connectivity index (χ3n) is 24.2. The molecule has 2 saturated heterocycles. The van der Waals surface area contributed by atoms with Crippen molar-refractivity contribution in [2.75, 3.05) is 26.4 Å². The Morgan fingerprint density at radius 1 is 0.456 bits per heavy atom. The molecule has 6 aromatic rings. The first-order valence-corrected chi connectivity index (χ1v) is 41.6. The Morgan fingerprint density at radius 3 is 1.06 bits per heavy atom. The van der Waals surface area contributed by atoms with Crippen molar-refractivity contribution >= 4 is 81.7 Å². The van der Waals surface area contributed by atoms with E-state index in [1.54, 1.807) is 0 Å². The molecule has 0 radical (unpaired) electrons. The van der Waals surface area contributed by atoms with Gasteiger partial charge in [0.1, 0.15) is 60.0 Å². The topological polar surface area (TPSA) is 300 Å². The molecule has 12 aliphatic carbocycles. The van der Waals surface area contributed by atoms with Crippen LogP contribution in [0.4, 0.5) is 17.6 Å². The molecule has 14 unspecified atom stereocenters. The van der Waals surface area contributed by atoms with Gasteiger partial charge in [-0.05, 0) is 223 Å². The Kier molecular flexibility index (Phi) is 27.2. The third-order valence-corrected chi connectivity index (χ3v) is 29.7. The van der Waals surface area contributed by atoms with Gasteiger partial charge in [-0.25, -0.2) is 19.2 Å². The van der Waals surface area contributed by atoms with Crippen molar-refractivity contribution < 1.29 is 166 Å². The summed E-state index contributed by atoms with van der Waals surface area (Å²) in [5.74, 6) is -1.01. The van der Waals surface area contributed by atoms with Crippen LogP contribution in [0, 0.1) is 70.0 Å². The molecule has 22 nitrogen and oxygen atoms in total. The van der Waals surface area contributed by atoms with E-state index in [2.05, 4.69) is 140 Å². The number of alkyl halides is 4. The summed E-state index contributed by atoms with van der Waals surface area (Å²) in [6, 6.07) is 57.6. The number of fused-ring (bicyclic) bond motifs is 2. The van der Waals surface area contributed by atoms with Gasteiger partial charge in [-0.3, -0.25) is 19.7 Å². The minimum absolute atomic E-state index is 0. The molecule has 20 rings (SSSR count). The van der Waals surface area contributed by atoms with Crippen LogP contribution in [-0.4, -0.2) is 119 Å². The third kappa shape index (κ3) is 19.2. The first-order valence-electron chi connectivity index (χ1n) is 37.6. The molecule has 0 aromatic heterocycles. The van der Waals surface area contributed by atoms with E-state index in [9.17, 15) is 67.1 Å². The van der Waals surface area contributed by atoms with E-state index < -0.39 is 80.5 Å². The number of benzene rings is 6. The number of aliphatic hydroxyl groups is 2. The predicted octanol–water partition coefficient (Wildman–Crippen LogP) is 5.97. The van der Waals surface area contributed by atoms with Crippen LogP contribution >= 0.6 is 24.1 Å². The average molecular weight is 1680 g/mol. The fourth-order valence-corrected chi connectivity index (χ4v) is 25.7. The fraction of sp³-hybridized carbons (Fsp3) is 0.488. The molecule has 12 bridgehead atoms. The van der Waals surface area contributed by atoms with Gasteiger partial charge in [0.15, 0.2) is 42.6 Å². The van der Waals surface area contributed by atoms with Crippen LogP contribution in [0.3, 0.4) is 0 Å². The number of esters is 6. The van der Waals surface area contributed by atoms with Crippen LogP contribution in [0.5, 0.6) is 11.5 Å². The Labute approximate surface area is 698 Å². The first-order chi connectivity index (χ1) is 53.9. The zero-order valence-corrected chi connectivity index (χ0v) is 68.0. The number of carbonyl (C=O) groups is 6. The standard InChI is InChI=1S/2C28H25O5S.2C13H18F2O6S.ClH.Na/c2*29-25(32-26-18-15-23-24(16-18)28(30)33-27(23)26)17-31-19-11-13-22(14-12-19)34(20-7-3-1-4-8-20)21-9-5-2-6-10-21;2*14-13(15,22-21-20-18)10(16)19-7-11-2-8-1-9(3-11)5-12(17,4-8)6-11;;/h2*1-14,18,23-24,26-27H,15-17H2;2*8-9,17-18H,1-7H2;1H;/q2*+1;;;;+1/p-3. The van der Waals surface area contributed by atoms with E-state index in [4.69, 9.17) is 37.9 Å². The second-order valence-electron chi connectivity index (χ2n) is 32.1. The second-order valence-corrected chi connectivity index (χ2v) is 37.8. The molecule has 2 heterocycles. The Morgan fingerprint density at radius 2 is 0.763 bits per heavy atom. The quantitative estimate of drug-likeness (QED) is 0.00924. The Balaban J connectivity index is 0.000000135. The van der Waals surface area contributed by atoms with Gasteiger partial charge >= 0.3 is 75.9 Å². The van der Waals surface area contributed by atoms with Crippen LogP contribution in [0.25, 0.3) is 0 Å². The summed E-state index contributed by atoms with van der Waals surface area (Å²) in [6.45, 7) is -0.619. The zero-order chi connectivity index (χ0) is 78.2. The van der Waals surface area contributed by atoms with Gasteiger partial charge in [-0.2, -0.15) is 26.2 Å². The van der Waals surface area contributed by atoms with Crippen molar-refractivity contribution in [3.05, 3.63) is 170 Å². The summed E-state index contributed by atoms with van der Waals surface area (Å²) in [7, 11) is -0.466. The van der Waals surface area contributed by atoms with Crippen molar-refractivity contribution in [1.29, 1.82) is 0 Å². The maximum absolute atomic E-state index is 13.3. The Hall–Kier alpha value is -6.17. The summed E-state index contributed by atoms with van der Waals surface area (Å²) >= 11 is -1.38. The van der Waals surface area contributed by atoms with Crippen molar-refractivity contribution in [3.63, 3.8) is 0 Å². The van der Waals surface area contributed by atoms with Gasteiger partial charge in [-0.15, -0.1) is 0 Å². The van der Waals surface area contributed by atoms with E-state index >= 15 is 0 Å². The van der Waals surface area contributed by atoms with Gasteiger partial charge in [0.05, 0.1) is 58.0 Å². The molecule has 0 amide bonds. The minimum atomic E-state index is -4.01. The van der Waals surface area contributed by atoms with E-state index in [0.29, 0.717) is 48.0 Å². The van der Waals surface area contributed by atoms with Gasteiger partial charge in [-0.1, -0.05) is 72.8 Å². The molecule has 32 heteroatoms. The van der Waals surface area contributed by atoms with Crippen molar-refractivity contribution in [3.8, 4) is 11.5 Å². The van der Waals surface area contributed by atoms with Gasteiger partial charge in [0.2, 0.25) is 0 Å². The van der Waals surface area contributed by atoms with E-state index in [1.807, 2.05) is 48.5 Å². The zero-order valence-electron chi connectivity index (χ0n) is 62.0.